The van der Waals surface area contributed by atoms with E-state index >= 15 is 0 Å². The summed E-state index contributed by atoms with van der Waals surface area (Å²) in [7, 11) is 1.19. The number of ether oxygens (including phenoxy) is 1. The van der Waals surface area contributed by atoms with Gasteiger partial charge in [0.2, 0.25) is 0 Å². The molecule has 2 atom stereocenters. The minimum atomic E-state index is -1.17. The highest BCUT2D eigenvalue weighted by molar-refractivity contribution is 9.09. The van der Waals surface area contributed by atoms with Crippen molar-refractivity contribution in [2.75, 3.05) is 12.4 Å². The summed E-state index contributed by atoms with van der Waals surface area (Å²) in [6, 6.07) is 5.14. The molecule has 0 unspecified atom stereocenters. The predicted octanol–water partition coefficient (Wildman–Crippen LogP) is 1.90. The summed E-state index contributed by atoms with van der Waals surface area (Å²) in [5, 5.41) is 0.322. The molecule has 3 amide bonds. The number of carbonyl (C=O) groups excluding carboxylic acids is 4. The van der Waals surface area contributed by atoms with Gasteiger partial charge in [0.05, 0.1) is 18.2 Å². The van der Waals surface area contributed by atoms with Gasteiger partial charge in [0, 0.05) is 5.33 Å². The summed E-state index contributed by atoms with van der Waals surface area (Å²) in [6.45, 7) is 1.65. The average Bonchev–Trinajstić information content (AvgIpc) is 2.90. The molecule has 136 valence electrons. The summed E-state index contributed by atoms with van der Waals surface area (Å²) in [6.07, 6.45) is 0. The molecule has 26 heavy (non-hydrogen) atoms. The fourth-order valence-corrected chi connectivity index (χ4v) is 3.69. The third-order valence-corrected chi connectivity index (χ3v) is 5.60. The molecule has 0 radical (unpaired) electrons. The van der Waals surface area contributed by atoms with E-state index in [1.807, 2.05) is 0 Å². The van der Waals surface area contributed by atoms with Gasteiger partial charge in [0.15, 0.2) is 6.04 Å². The molecule has 1 fully saturated rings. The number of imide groups is 1. The molecular formula is C17H14BrClN2O5. The molecule has 0 aliphatic carbocycles. The van der Waals surface area contributed by atoms with E-state index in [-0.39, 0.29) is 16.8 Å². The fraction of sp³-hybridized carbons (Fsp3) is 0.294. The van der Waals surface area contributed by atoms with Crippen LogP contribution >= 0.6 is 27.5 Å². The molecule has 0 saturated carbocycles. The van der Waals surface area contributed by atoms with E-state index < -0.39 is 35.2 Å². The van der Waals surface area contributed by atoms with Crippen LogP contribution in [-0.4, -0.2) is 57.5 Å². The summed E-state index contributed by atoms with van der Waals surface area (Å²) in [5.41, 5.74) is -0.0623. The van der Waals surface area contributed by atoms with Crippen LogP contribution in [0.1, 0.15) is 27.6 Å². The van der Waals surface area contributed by atoms with Gasteiger partial charge in [-0.3, -0.25) is 24.2 Å². The number of rotatable bonds is 4. The number of halogens is 2. The summed E-state index contributed by atoms with van der Waals surface area (Å²) in [5.74, 6) is -2.48. The van der Waals surface area contributed by atoms with E-state index in [0.717, 1.165) is 9.80 Å². The first-order valence-corrected chi connectivity index (χ1v) is 9.19. The number of alkyl halides is 2. The molecule has 0 N–H and O–H groups in total. The van der Waals surface area contributed by atoms with Gasteiger partial charge in [-0.2, -0.15) is 0 Å². The van der Waals surface area contributed by atoms with Gasteiger partial charge in [-0.05, 0) is 24.6 Å². The Morgan fingerprint density at radius 3 is 2.15 bits per heavy atom. The zero-order valence-electron chi connectivity index (χ0n) is 13.9. The molecule has 0 bridgehead atoms. The number of nitrogens with zero attached hydrogens (tertiary/aromatic N) is 2. The molecule has 0 spiro atoms. The number of carbonyl (C=O) groups is 4. The minimum Gasteiger partial charge on any atom is -0.464 e. The number of fused-ring (bicyclic) bond motifs is 1. The smallest absolute Gasteiger partial charge is 0.354 e. The number of likely N-dealkylation sites (tertiary alicyclic amines) is 1. The van der Waals surface area contributed by atoms with Crippen LogP contribution in [-0.2, 0) is 14.3 Å². The first kappa shape index (κ1) is 18.6. The van der Waals surface area contributed by atoms with Crippen LogP contribution in [0.2, 0.25) is 0 Å². The number of hydrogen-bond acceptors (Lipinski definition) is 5. The Morgan fingerprint density at radius 1 is 1.19 bits per heavy atom. The SMILES string of the molecule is COC(=O)/C(=C(\C)CBr)N1C(=O)[C@H](N2C(=O)c3ccccc3C2=O)[C@@H]1Cl. The van der Waals surface area contributed by atoms with Crippen LogP contribution in [0, 0.1) is 0 Å². The molecule has 2 heterocycles. The Morgan fingerprint density at radius 2 is 1.73 bits per heavy atom. The molecular weight excluding hydrogens is 428 g/mol. The van der Waals surface area contributed by atoms with Crippen molar-refractivity contribution in [3.05, 3.63) is 46.7 Å². The van der Waals surface area contributed by atoms with Gasteiger partial charge in [-0.25, -0.2) is 4.79 Å². The maximum absolute atomic E-state index is 12.7. The number of β-lactam (4-membered cyclic amide) rings is 1. The number of amides is 3. The van der Waals surface area contributed by atoms with Crippen LogP contribution in [0.25, 0.3) is 0 Å². The molecule has 1 aromatic rings. The molecule has 1 saturated heterocycles. The molecule has 0 aromatic heterocycles. The van der Waals surface area contributed by atoms with Gasteiger partial charge in [-0.1, -0.05) is 39.7 Å². The van der Waals surface area contributed by atoms with Crippen LogP contribution in [0.3, 0.4) is 0 Å². The quantitative estimate of drug-likeness (QED) is 0.178. The summed E-state index contributed by atoms with van der Waals surface area (Å²) < 4.78 is 4.72. The molecule has 3 rings (SSSR count). The van der Waals surface area contributed by atoms with Crippen molar-refractivity contribution in [1.29, 1.82) is 0 Å². The second-order valence-electron chi connectivity index (χ2n) is 5.81. The third-order valence-electron chi connectivity index (χ3n) is 4.33. The third kappa shape index (κ3) is 2.55. The van der Waals surface area contributed by atoms with Gasteiger partial charge in [0.25, 0.3) is 17.7 Å². The van der Waals surface area contributed by atoms with Crippen molar-refractivity contribution in [3.8, 4) is 0 Å². The van der Waals surface area contributed by atoms with E-state index in [1.54, 1.807) is 19.1 Å². The van der Waals surface area contributed by atoms with E-state index in [1.165, 1.54) is 19.2 Å². The van der Waals surface area contributed by atoms with E-state index in [9.17, 15) is 19.2 Å². The Balaban J connectivity index is 1.93. The number of esters is 1. The highest BCUT2D eigenvalue weighted by atomic mass is 79.9. The normalized spacial score (nSPS) is 22.8. The standard InChI is InChI=1S/C17H14BrClN2O5/c1-8(7-18)11(17(25)26-2)20-13(19)12(16(20)24)21-14(22)9-5-3-4-6-10(9)15(21)23/h3-6,12-13H,7H2,1-2H3/b11-8-/t12-,13-/m1/s1. The lowest BCUT2D eigenvalue weighted by Gasteiger charge is -2.46. The Hall–Kier alpha value is -2.19. The van der Waals surface area contributed by atoms with Gasteiger partial charge in [0.1, 0.15) is 11.2 Å². The number of methoxy groups -OCH3 is 1. The fourth-order valence-electron chi connectivity index (χ4n) is 3.01. The lowest BCUT2D eigenvalue weighted by molar-refractivity contribution is -0.153. The Kier molecular flexibility index (Phi) is 4.90. The van der Waals surface area contributed by atoms with Gasteiger partial charge < -0.3 is 4.74 Å². The Bertz CT molecular complexity index is 833. The van der Waals surface area contributed by atoms with Crippen molar-refractivity contribution in [2.45, 2.75) is 18.5 Å². The van der Waals surface area contributed by atoms with Crippen molar-refractivity contribution in [2.24, 2.45) is 0 Å². The average molecular weight is 442 g/mol. The maximum Gasteiger partial charge on any atom is 0.354 e. The number of allylic oxidation sites excluding steroid dienone is 1. The second kappa shape index (κ2) is 6.85. The van der Waals surface area contributed by atoms with Crippen molar-refractivity contribution >= 4 is 51.2 Å². The van der Waals surface area contributed by atoms with Gasteiger partial charge in [-0.15, -0.1) is 0 Å². The number of hydrogen-bond donors (Lipinski definition) is 0. The van der Waals surface area contributed by atoms with Crippen LogP contribution < -0.4 is 0 Å². The Labute approximate surface area is 162 Å². The largest absolute Gasteiger partial charge is 0.464 e. The van der Waals surface area contributed by atoms with E-state index in [4.69, 9.17) is 16.3 Å². The highest BCUT2D eigenvalue weighted by Crippen LogP contribution is 2.37. The van der Waals surface area contributed by atoms with Crippen LogP contribution in [0.5, 0.6) is 0 Å². The molecule has 9 heteroatoms. The minimum absolute atomic E-state index is 0.00207. The molecule has 2 aliphatic rings. The lowest BCUT2D eigenvalue weighted by Crippen LogP contribution is -2.69. The lowest BCUT2D eigenvalue weighted by atomic mass is 10.0. The summed E-state index contributed by atoms with van der Waals surface area (Å²) in [4.78, 5) is 51.8. The summed E-state index contributed by atoms with van der Waals surface area (Å²) >= 11 is 9.56. The zero-order valence-corrected chi connectivity index (χ0v) is 16.2. The van der Waals surface area contributed by atoms with E-state index in [0.29, 0.717) is 10.9 Å². The van der Waals surface area contributed by atoms with Crippen LogP contribution in [0.4, 0.5) is 0 Å². The van der Waals surface area contributed by atoms with Crippen LogP contribution in [0.15, 0.2) is 35.5 Å². The second-order valence-corrected chi connectivity index (χ2v) is 6.81. The van der Waals surface area contributed by atoms with Crippen molar-refractivity contribution < 1.29 is 23.9 Å². The zero-order chi connectivity index (χ0) is 19.2. The first-order chi connectivity index (χ1) is 12.3. The molecule has 1 aromatic carbocycles. The highest BCUT2D eigenvalue weighted by Gasteiger charge is 2.57. The monoisotopic (exact) mass is 440 g/mol. The van der Waals surface area contributed by atoms with E-state index in [2.05, 4.69) is 15.9 Å². The predicted molar refractivity (Wildman–Crippen MR) is 95.7 cm³/mol. The molecule has 7 nitrogen and oxygen atoms in total. The van der Waals surface area contributed by atoms with Crippen molar-refractivity contribution in [3.63, 3.8) is 0 Å². The topological polar surface area (TPSA) is 84.0 Å². The first-order valence-electron chi connectivity index (χ1n) is 7.63. The van der Waals surface area contributed by atoms with Crippen molar-refractivity contribution in [1.82, 2.24) is 9.80 Å². The maximum atomic E-state index is 12.7. The number of benzene rings is 1. The van der Waals surface area contributed by atoms with Gasteiger partial charge >= 0.3 is 5.97 Å². The molecule has 2 aliphatic heterocycles.